The van der Waals surface area contributed by atoms with Crippen molar-refractivity contribution in [3.05, 3.63) is 69.0 Å². The molecule has 2 N–H and O–H groups in total. The molecule has 0 bridgehead atoms. The van der Waals surface area contributed by atoms with Crippen molar-refractivity contribution in [1.29, 1.82) is 0 Å². The molecule has 31 heavy (non-hydrogen) atoms. The summed E-state index contributed by atoms with van der Waals surface area (Å²) >= 11 is 13.7. The third-order valence-electron chi connectivity index (χ3n) is 4.57. The van der Waals surface area contributed by atoms with Crippen LogP contribution >= 0.6 is 34.5 Å². The largest absolute Gasteiger partial charge is 0.481 e. The molecule has 3 aromatic rings. The number of amides is 1. The second kappa shape index (κ2) is 10.6. The number of aromatic nitrogens is 1. The van der Waals surface area contributed by atoms with Crippen LogP contribution in [0.25, 0.3) is 11.3 Å². The smallest absolute Gasteiger partial charge is 0.305 e. The number of aliphatic carboxylic acids is 1. The SMILES string of the molecule is CCN(Cc1ccc(C(=O)NCCC(=O)O)cc1)c1nc(-c2ccc(Cl)c(Cl)c2)cs1. The highest BCUT2D eigenvalue weighted by atomic mass is 35.5. The predicted molar refractivity (Wildman–Crippen MR) is 125 cm³/mol. The number of anilines is 1. The van der Waals surface area contributed by atoms with Crippen LogP contribution in [0.2, 0.25) is 10.0 Å². The summed E-state index contributed by atoms with van der Waals surface area (Å²) in [6.07, 6.45) is -0.104. The molecule has 0 unspecified atom stereocenters. The number of carboxylic acids is 1. The number of halogens is 2. The van der Waals surface area contributed by atoms with Gasteiger partial charge in [-0.05, 0) is 36.8 Å². The molecule has 3 rings (SSSR count). The second-order valence-electron chi connectivity index (χ2n) is 6.75. The maximum Gasteiger partial charge on any atom is 0.305 e. The highest BCUT2D eigenvalue weighted by molar-refractivity contribution is 7.14. The summed E-state index contributed by atoms with van der Waals surface area (Å²) in [5, 5.41) is 15.1. The average molecular weight is 478 g/mol. The summed E-state index contributed by atoms with van der Waals surface area (Å²) in [6.45, 7) is 3.58. The van der Waals surface area contributed by atoms with E-state index in [2.05, 4.69) is 17.1 Å². The van der Waals surface area contributed by atoms with E-state index in [1.165, 1.54) is 0 Å². The van der Waals surface area contributed by atoms with Crippen molar-refractivity contribution in [2.45, 2.75) is 19.9 Å². The van der Waals surface area contributed by atoms with Crippen molar-refractivity contribution in [2.75, 3.05) is 18.0 Å². The first kappa shape index (κ1) is 23.1. The molecule has 0 saturated heterocycles. The fourth-order valence-corrected chi connectivity index (χ4v) is 4.08. The van der Waals surface area contributed by atoms with Gasteiger partial charge in [-0.25, -0.2) is 4.98 Å². The van der Waals surface area contributed by atoms with Crippen molar-refractivity contribution in [3.63, 3.8) is 0 Å². The molecule has 9 heteroatoms. The van der Waals surface area contributed by atoms with Crippen LogP contribution in [-0.4, -0.2) is 35.1 Å². The van der Waals surface area contributed by atoms with E-state index in [0.29, 0.717) is 22.2 Å². The van der Waals surface area contributed by atoms with E-state index in [4.69, 9.17) is 33.3 Å². The van der Waals surface area contributed by atoms with Crippen LogP contribution in [0.3, 0.4) is 0 Å². The Labute approximate surface area is 194 Å². The Kier molecular flexibility index (Phi) is 7.90. The van der Waals surface area contributed by atoms with E-state index >= 15 is 0 Å². The Balaban J connectivity index is 1.66. The Morgan fingerprint density at radius 1 is 1.13 bits per heavy atom. The number of hydrogen-bond donors (Lipinski definition) is 2. The highest BCUT2D eigenvalue weighted by Gasteiger charge is 2.13. The highest BCUT2D eigenvalue weighted by Crippen LogP contribution is 2.32. The van der Waals surface area contributed by atoms with E-state index in [-0.39, 0.29) is 18.9 Å². The molecule has 0 atom stereocenters. The first-order chi connectivity index (χ1) is 14.9. The van der Waals surface area contributed by atoms with Gasteiger partial charge in [0.05, 0.1) is 22.2 Å². The minimum atomic E-state index is -0.945. The summed E-state index contributed by atoms with van der Waals surface area (Å²) in [5.74, 6) is -1.23. The molecule has 0 aliphatic rings. The molecule has 1 amide bonds. The first-order valence-corrected chi connectivity index (χ1v) is 11.3. The van der Waals surface area contributed by atoms with Gasteiger partial charge >= 0.3 is 5.97 Å². The van der Waals surface area contributed by atoms with Crippen molar-refractivity contribution in [1.82, 2.24) is 10.3 Å². The molecule has 6 nitrogen and oxygen atoms in total. The Hall–Kier alpha value is -2.61. The van der Waals surface area contributed by atoms with Gasteiger partial charge in [0.15, 0.2) is 5.13 Å². The topological polar surface area (TPSA) is 82.5 Å². The molecule has 1 heterocycles. The number of carbonyl (C=O) groups excluding carboxylic acids is 1. The van der Waals surface area contributed by atoms with Gasteiger partial charge in [-0.15, -0.1) is 11.3 Å². The zero-order chi connectivity index (χ0) is 22.4. The molecule has 2 aromatic carbocycles. The van der Waals surface area contributed by atoms with E-state index in [9.17, 15) is 9.59 Å². The summed E-state index contributed by atoms with van der Waals surface area (Å²) in [5.41, 5.74) is 3.28. The number of benzene rings is 2. The molecule has 162 valence electrons. The van der Waals surface area contributed by atoms with Crippen LogP contribution in [0.4, 0.5) is 5.13 Å². The average Bonchev–Trinajstić information content (AvgIpc) is 3.24. The van der Waals surface area contributed by atoms with Gasteiger partial charge in [0.2, 0.25) is 0 Å². The summed E-state index contributed by atoms with van der Waals surface area (Å²) in [6, 6.07) is 12.7. The van der Waals surface area contributed by atoms with Crippen molar-refractivity contribution in [2.24, 2.45) is 0 Å². The lowest BCUT2D eigenvalue weighted by molar-refractivity contribution is -0.136. The van der Waals surface area contributed by atoms with Gasteiger partial charge in [-0.2, -0.15) is 0 Å². The Bertz CT molecular complexity index is 1070. The van der Waals surface area contributed by atoms with Crippen molar-refractivity contribution >= 4 is 51.5 Å². The van der Waals surface area contributed by atoms with Crippen LogP contribution in [0.15, 0.2) is 47.8 Å². The van der Waals surface area contributed by atoms with Gasteiger partial charge < -0.3 is 15.3 Å². The van der Waals surface area contributed by atoms with Crippen LogP contribution in [0.5, 0.6) is 0 Å². The number of thiazole rings is 1. The van der Waals surface area contributed by atoms with Gasteiger partial charge in [-0.1, -0.05) is 41.4 Å². The number of nitrogens with zero attached hydrogens (tertiary/aromatic N) is 2. The lowest BCUT2D eigenvalue weighted by atomic mass is 10.1. The van der Waals surface area contributed by atoms with Crippen molar-refractivity contribution in [3.8, 4) is 11.3 Å². The molecule has 0 saturated carbocycles. The third kappa shape index (κ3) is 6.19. The zero-order valence-electron chi connectivity index (χ0n) is 16.8. The van der Waals surface area contributed by atoms with E-state index < -0.39 is 5.97 Å². The van der Waals surface area contributed by atoms with Gasteiger partial charge in [0.1, 0.15) is 0 Å². The number of carbonyl (C=O) groups is 2. The van der Waals surface area contributed by atoms with E-state index in [1.54, 1.807) is 35.6 Å². The van der Waals surface area contributed by atoms with Crippen molar-refractivity contribution < 1.29 is 14.7 Å². The van der Waals surface area contributed by atoms with Crippen LogP contribution in [0.1, 0.15) is 29.3 Å². The molecular formula is C22H21Cl2N3O3S. The molecule has 0 aliphatic heterocycles. The second-order valence-corrected chi connectivity index (χ2v) is 8.41. The third-order valence-corrected chi connectivity index (χ3v) is 6.21. The number of hydrogen-bond acceptors (Lipinski definition) is 5. The fourth-order valence-electron chi connectivity index (χ4n) is 2.88. The number of rotatable bonds is 9. The number of carboxylic acid groups (broad SMARTS) is 1. The van der Waals surface area contributed by atoms with Crippen LogP contribution in [-0.2, 0) is 11.3 Å². The maximum atomic E-state index is 12.1. The minimum absolute atomic E-state index is 0.102. The van der Waals surface area contributed by atoms with Gasteiger partial charge in [0, 0.05) is 36.1 Å². The molecule has 0 spiro atoms. The molecular weight excluding hydrogens is 457 g/mol. The molecule has 1 aromatic heterocycles. The van der Waals surface area contributed by atoms with Crippen LogP contribution < -0.4 is 10.2 Å². The van der Waals surface area contributed by atoms with Crippen LogP contribution in [0, 0.1) is 0 Å². The summed E-state index contributed by atoms with van der Waals surface area (Å²) < 4.78 is 0. The normalized spacial score (nSPS) is 10.7. The molecule has 0 radical (unpaired) electrons. The fraction of sp³-hybridized carbons (Fsp3) is 0.227. The Morgan fingerprint density at radius 2 is 1.87 bits per heavy atom. The summed E-state index contributed by atoms with van der Waals surface area (Å²) in [4.78, 5) is 29.5. The molecule has 0 fully saturated rings. The quantitative estimate of drug-likeness (QED) is 0.434. The van der Waals surface area contributed by atoms with E-state index in [0.717, 1.165) is 28.5 Å². The van der Waals surface area contributed by atoms with Gasteiger partial charge in [0.25, 0.3) is 5.91 Å². The lowest BCUT2D eigenvalue weighted by Crippen LogP contribution is -2.26. The minimum Gasteiger partial charge on any atom is -0.481 e. The predicted octanol–water partition coefficient (Wildman–Crippen LogP) is 5.35. The first-order valence-electron chi connectivity index (χ1n) is 9.62. The number of nitrogens with one attached hydrogen (secondary N) is 1. The Morgan fingerprint density at radius 3 is 2.52 bits per heavy atom. The maximum absolute atomic E-state index is 12.1. The zero-order valence-corrected chi connectivity index (χ0v) is 19.1. The van der Waals surface area contributed by atoms with Gasteiger partial charge in [-0.3, -0.25) is 9.59 Å². The summed E-state index contributed by atoms with van der Waals surface area (Å²) in [7, 11) is 0. The molecule has 0 aliphatic carbocycles. The van der Waals surface area contributed by atoms with E-state index in [1.807, 2.05) is 23.6 Å². The standard InChI is InChI=1S/C22H21Cl2N3O3S/c1-2-27(22-26-19(13-31-22)16-7-8-17(23)18(24)11-16)12-14-3-5-15(6-4-14)21(30)25-10-9-20(28)29/h3-8,11,13H,2,9-10,12H2,1H3,(H,25,30)(H,28,29). The monoisotopic (exact) mass is 477 g/mol. The lowest BCUT2D eigenvalue weighted by Gasteiger charge is -2.20.